The van der Waals surface area contributed by atoms with Gasteiger partial charge in [-0.25, -0.2) is 0 Å². The average molecular weight is 201 g/mol. The minimum atomic E-state index is 0.970. The van der Waals surface area contributed by atoms with Crippen molar-refractivity contribution in [1.29, 1.82) is 0 Å². The molecule has 2 aromatic rings. The summed E-state index contributed by atoms with van der Waals surface area (Å²) >= 11 is 0. The van der Waals surface area contributed by atoms with Crippen molar-refractivity contribution in [1.82, 2.24) is 4.98 Å². The van der Waals surface area contributed by atoms with E-state index < -0.39 is 0 Å². The second-order valence-electron chi connectivity index (χ2n) is 3.57. The van der Waals surface area contributed by atoms with Gasteiger partial charge in [0.2, 0.25) is 0 Å². The van der Waals surface area contributed by atoms with Crippen molar-refractivity contribution < 1.29 is 4.74 Å². The molecule has 0 atom stereocenters. The molecule has 2 heteroatoms. The van der Waals surface area contributed by atoms with Crippen LogP contribution in [0.4, 0.5) is 0 Å². The topological polar surface area (TPSA) is 22.1 Å². The fraction of sp³-hybridized carbons (Fsp3) is 0.308. The minimum absolute atomic E-state index is 0.970. The fourth-order valence-corrected chi connectivity index (χ4v) is 1.89. The minimum Gasteiger partial charge on any atom is -0.496 e. The zero-order chi connectivity index (χ0) is 10.7. The number of methoxy groups -OCH3 is 1. The summed E-state index contributed by atoms with van der Waals surface area (Å²) in [6.07, 6.45) is 3.97. The van der Waals surface area contributed by atoms with Crippen LogP contribution in [0, 0.1) is 0 Å². The zero-order valence-corrected chi connectivity index (χ0v) is 9.16. The lowest BCUT2D eigenvalue weighted by atomic mass is 10.0. The van der Waals surface area contributed by atoms with Crippen LogP contribution in [0.15, 0.2) is 30.5 Å². The van der Waals surface area contributed by atoms with E-state index in [1.54, 1.807) is 7.11 Å². The summed E-state index contributed by atoms with van der Waals surface area (Å²) in [5, 5.41) is 1.21. The number of hydrogen-bond donors (Lipinski definition) is 0. The molecule has 0 saturated heterocycles. The largest absolute Gasteiger partial charge is 0.496 e. The quantitative estimate of drug-likeness (QED) is 0.760. The highest BCUT2D eigenvalue weighted by molar-refractivity contribution is 5.84. The van der Waals surface area contributed by atoms with Gasteiger partial charge in [-0.3, -0.25) is 4.98 Å². The molecule has 0 amide bonds. The van der Waals surface area contributed by atoms with Gasteiger partial charge in [0.1, 0.15) is 5.75 Å². The Hall–Kier alpha value is -1.57. The second kappa shape index (κ2) is 4.30. The number of aromatic nitrogens is 1. The zero-order valence-electron chi connectivity index (χ0n) is 9.16. The summed E-state index contributed by atoms with van der Waals surface area (Å²) in [5.41, 5.74) is 2.31. The van der Waals surface area contributed by atoms with E-state index in [1.807, 2.05) is 24.4 Å². The van der Waals surface area contributed by atoms with Gasteiger partial charge in [-0.2, -0.15) is 0 Å². The van der Waals surface area contributed by atoms with Crippen LogP contribution in [0.1, 0.15) is 18.9 Å². The summed E-state index contributed by atoms with van der Waals surface area (Å²) in [6, 6.07) is 8.09. The first kappa shape index (κ1) is 9.97. The van der Waals surface area contributed by atoms with Crippen LogP contribution < -0.4 is 4.74 Å². The predicted octanol–water partition coefficient (Wildman–Crippen LogP) is 3.20. The Bertz CT molecular complexity index is 465. The van der Waals surface area contributed by atoms with Gasteiger partial charge in [0.15, 0.2) is 0 Å². The number of aryl methyl sites for hydroxylation is 1. The maximum atomic E-state index is 5.38. The van der Waals surface area contributed by atoms with Crippen molar-refractivity contribution in [2.45, 2.75) is 19.8 Å². The van der Waals surface area contributed by atoms with Gasteiger partial charge in [-0.1, -0.05) is 19.4 Å². The van der Waals surface area contributed by atoms with E-state index in [1.165, 1.54) is 10.9 Å². The summed E-state index contributed by atoms with van der Waals surface area (Å²) in [7, 11) is 1.72. The Morgan fingerprint density at radius 1 is 1.27 bits per heavy atom. The molecular formula is C13H15NO. The molecule has 0 spiro atoms. The molecule has 0 aliphatic heterocycles. The molecule has 0 unspecified atom stereocenters. The molecule has 0 aliphatic rings. The molecule has 0 N–H and O–H groups in total. The van der Waals surface area contributed by atoms with E-state index >= 15 is 0 Å². The third-order valence-electron chi connectivity index (χ3n) is 2.57. The van der Waals surface area contributed by atoms with Gasteiger partial charge in [-0.15, -0.1) is 0 Å². The maximum Gasteiger partial charge on any atom is 0.122 e. The van der Waals surface area contributed by atoms with Gasteiger partial charge in [-0.05, 0) is 24.6 Å². The number of ether oxygens (including phenoxy) is 1. The molecule has 0 aliphatic carbocycles. The molecule has 0 saturated carbocycles. The molecule has 0 radical (unpaired) electrons. The molecule has 1 aromatic carbocycles. The average Bonchev–Trinajstić information content (AvgIpc) is 2.30. The monoisotopic (exact) mass is 201 g/mol. The van der Waals surface area contributed by atoms with E-state index in [2.05, 4.69) is 18.0 Å². The Labute approximate surface area is 89.9 Å². The third-order valence-corrected chi connectivity index (χ3v) is 2.57. The molecule has 1 heterocycles. The number of rotatable bonds is 3. The fourth-order valence-electron chi connectivity index (χ4n) is 1.89. The smallest absolute Gasteiger partial charge is 0.122 e. The molecular weight excluding hydrogens is 186 g/mol. The van der Waals surface area contributed by atoms with Gasteiger partial charge in [0, 0.05) is 17.1 Å². The van der Waals surface area contributed by atoms with Crippen molar-refractivity contribution in [2.75, 3.05) is 7.11 Å². The molecule has 2 rings (SSSR count). The molecule has 78 valence electrons. The first-order valence-corrected chi connectivity index (χ1v) is 5.27. The third kappa shape index (κ3) is 1.80. The van der Waals surface area contributed by atoms with E-state index in [0.717, 1.165) is 24.1 Å². The van der Waals surface area contributed by atoms with E-state index in [4.69, 9.17) is 4.74 Å². The predicted molar refractivity (Wildman–Crippen MR) is 62.3 cm³/mol. The van der Waals surface area contributed by atoms with Gasteiger partial charge >= 0.3 is 0 Å². The van der Waals surface area contributed by atoms with Gasteiger partial charge < -0.3 is 4.74 Å². The van der Waals surface area contributed by atoms with Gasteiger partial charge in [0.25, 0.3) is 0 Å². The summed E-state index contributed by atoms with van der Waals surface area (Å²) in [6.45, 7) is 2.18. The van der Waals surface area contributed by atoms with Crippen LogP contribution in [-0.2, 0) is 6.42 Å². The molecule has 1 aromatic heterocycles. The summed E-state index contributed by atoms with van der Waals surface area (Å²) in [4.78, 5) is 4.34. The van der Waals surface area contributed by atoms with Crippen LogP contribution in [-0.4, -0.2) is 12.1 Å². The van der Waals surface area contributed by atoms with Gasteiger partial charge in [0.05, 0.1) is 12.6 Å². The maximum absolute atomic E-state index is 5.38. The Morgan fingerprint density at radius 2 is 2.13 bits per heavy atom. The lowest BCUT2D eigenvalue weighted by molar-refractivity contribution is 0.410. The number of pyridine rings is 1. The van der Waals surface area contributed by atoms with Crippen molar-refractivity contribution >= 4 is 10.9 Å². The van der Waals surface area contributed by atoms with E-state index in [9.17, 15) is 0 Å². The standard InChI is InChI=1S/C13H15NO/c1-3-5-11-10-6-4-9-14-12(10)7-8-13(11)15-2/h4,6-9H,3,5H2,1-2H3. The van der Waals surface area contributed by atoms with E-state index in [-0.39, 0.29) is 0 Å². The highest BCUT2D eigenvalue weighted by Crippen LogP contribution is 2.27. The lowest BCUT2D eigenvalue weighted by Crippen LogP contribution is -1.94. The normalized spacial score (nSPS) is 10.5. The Morgan fingerprint density at radius 3 is 2.87 bits per heavy atom. The molecule has 0 fully saturated rings. The molecule has 2 nitrogen and oxygen atoms in total. The van der Waals surface area contributed by atoms with Crippen molar-refractivity contribution in [3.05, 3.63) is 36.0 Å². The van der Waals surface area contributed by atoms with Crippen molar-refractivity contribution in [3.8, 4) is 5.75 Å². The number of nitrogens with zero attached hydrogens (tertiary/aromatic N) is 1. The highest BCUT2D eigenvalue weighted by atomic mass is 16.5. The Kier molecular flexibility index (Phi) is 2.86. The van der Waals surface area contributed by atoms with Crippen molar-refractivity contribution in [2.24, 2.45) is 0 Å². The first-order chi connectivity index (χ1) is 7.36. The summed E-state index contributed by atoms with van der Waals surface area (Å²) in [5.74, 6) is 0.970. The lowest BCUT2D eigenvalue weighted by Gasteiger charge is -2.10. The van der Waals surface area contributed by atoms with Crippen molar-refractivity contribution in [3.63, 3.8) is 0 Å². The van der Waals surface area contributed by atoms with Crippen LogP contribution in [0.5, 0.6) is 5.75 Å². The number of hydrogen-bond acceptors (Lipinski definition) is 2. The van der Waals surface area contributed by atoms with E-state index in [0.29, 0.717) is 0 Å². The number of benzene rings is 1. The van der Waals surface area contributed by atoms with Crippen LogP contribution >= 0.6 is 0 Å². The molecule has 0 bridgehead atoms. The summed E-state index contributed by atoms with van der Waals surface area (Å²) < 4.78 is 5.38. The number of fused-ring (bicyclic) bond motifs is 1. The van der Waals surface area contributed by atoms with Crippen LogP contribution in [0.3, 0.4) is 0 Å². The second-order valence-corrected chi connectivity index (χ2v) is 3.57. The molecule has 15 heavy (non-hydrogen) atoms. The first-order valence-electron chi connectivity index (χ1n) is 5.27. The SMILES string of the molecule is CCCc1c(OC)ccc2ncccc12. The van der Waals surface area contributed by atoms with Crippen LogP contribution in [0.2, 0.25) is 0 Å². The van der Waals surface area contributed by atoms with Crippen LogP contribution in [0.25, 0.3) is 10.9 Å². The Balaban J connectivity index is 2.67. The highest BCUT2D eigenvalue weighted by Gasteiger charge is 2.07.